The first-order chi connectivity index (χ1) is 17.6. The Hall–Kier alpha value is -3.37. The van der Waals surface area contributed by atoms with Crippen LogP contribution in [0.5, 0.6) is 0 Å². The fraction of sp³-hybridized carbons (Fsp3) is 0.385. The number of anilines is 5. The van der Waals surface area contributed by atoms with Gasteiger partial charge in [-0.25, -0.2) is 10.8 Å². The lowest BCUT2D eigenvalue weighted by atomic mass is 9.92. The molecule has 36 heavy (non-hydrogen) atoms. The summed E-state index contributed by atoms with van der Waals surface area (Å²) < 4.78 is 3.34. The van der Waals surface area contributed by atoms with Crippen LogP contribution in [0.3, 0.4) is 0 Å². The number of nitrogens with one attached hydrogen (secondary N) is 3. The van der Waals surface area contributed by atoms with Gasteiger partial charge in [0.25, 0.3) is 0 Å². The van der Waals surface area contributed by atoms with Crippen LogP contribution in [0, 0.1) is 5.92 Å². The van der Waals surface area contributed by atoms with E-state index in [0.29, 0.717) is 18.3 Å². The SMILES string of the molecule is CCSNc1ccc(C=O)c(N2CCC(C/C=C/CNc3nc(NC)ccc3N(N)/C=C\N)CC2)c1. The molecule has 0 radical (unpaired) electrons. The van der Waals surface area contributed by atoms with Crippen LogP contribution >= 0.6 is 11.9 Å². The highest BCUT2D eigenvalue weighted by Crippen LogP contribution is 2.30. The van der Waals surface area contributed by atoms with Gasteiger partial charge in [-0.05, 0) is 55.5 Å². The fourth-order valence-electron chi connectivity index (χ4n) is 4.18. The number of carbonyl (C=O) groups is 1. The maximum atomic E-state index is 11.6. The number of rotatable bonds is 13. The molecule has 0 amide bonds. The van der Waals surface area contributed by atoms with Gasteiger partial charge in [0.1, 0.15) is 5.82 Å². The summed E-state index contributed by atoms with van der Waals surface area (Å²) in [4.78, 5) is 18.5. The van der Waals surface area contributed by atoms with E-state index in [0.717, 1.165) is 72.8 Å². The van der Waals surface area contributed by atoms with Crippen molar-refractivity contribution in [3.8, 4) is 0 Å². The van der Waals surface area contributed by atoms with E-state index in [4.69, 9.17) is 11.6 Å². The number of hydrazine groups is 1. The molecule has 7 N–H and O–H groups in total. The summed E-state index contributed by atoms with van der Waals surface area (Å²) in [7, 11) is 1.83. The molecule has 194 valence electrons. The summed E-state index contributed by atoms with van der Waals surface area (Å²) in [5, 5.41) is 7.83. The first-order valence-corrected chi connectivity index (χ1v) is 13.3. The molecule has 0 saturated carbocycles. The van der Waals surface area contributed by atoms with Crippen LogP contribution < -0.4 is 36.8 Å². The van der Waals surface area contributed by atoms with E-state index in [1.54, 1.807) is 18.1 Å². The molecule has 9 nitrogen and oxygen atoms in total. The first-order valence-electron chi connectivity index (χ1n) is 12.3. The number of aldehydes is 1. The quantitative estimate of drug-likeness (QED) is 0.0870. The number of hydrogen-bond donors (Lipinski definition) is 5. The minimum absolute atomic E-state index is 0.629. The monoisotopic (exact) mass is 510 g/mol. The molecule has 0 aliphatic carbocycles. The first kappa shape index (κ1) is 27.2. The average Bonchev–Trinajstić information content (AvgIpc) is 2.92. The van der Waals surface area contributed by atoms with Gasteiger partial charge in [-0.2, -0.15) is 0 Å². The van der Waals surface area contributed by atoms with E-state index in [1.165, 1.54) is 11.2 Å². The molecule has 1 aliphatic rings. The number of aromatic nitrogens is 1. The van der Waals surface area contributed by atoms with E-state index >= 15 is 0 Å². The van der Waals surface area contributed by atoms with Crippen molar-refractivity contribution in [3.05, 3.63) is 60.4 Å². The summed E-state index contributed by atoms with van der Waals surface area (Å²) in [5.41, 5.74) is 9.02. The molecule has 1 aliphatic heterocycles. The molecule has 1 aromatic carbocycles. The zero-order valence-corrected chi connectivity index (χ0v) is 21.9. The lowest BCUT2D eigenvalue weighted by Crippen LogP contribution is -2.34. The van der Waals surface area contributed by atoms with E-state index in [-0.39, 0.29) is 0 Å². The molecule has 1 saturated heterocycles. The van der Waals surface area contributed by atoms with Crippen LogP contribution in [0.15, 0.2) is 54.9 Å². The molecule has 10 heteroatoms. The predicted octanol–water partition coefficient (Wildman–Crippen LogP) is 4.40. The van der Waals surface area contributed by atoms with Crippen LogP contribution in [0.2, 0.25) is 0 Å². The number of hydrogen-bond acceptors (Lipinski definition) is 10. The maximum absolute atomic E-state index is 11.6. The summed E-state index contributed by atoms with van der Waals surface area (Å²) in [6.07, 6.45) is 11.5. The summed E-state index contributed by atoms with van der Waals surface area (Å²) >= 11 is 1.65. The topological polar surface area (TPSA) is 125 Å². The molecule has 0 atom stereocenters. The van der Waals surface area contributed by atoms with Gasteiger partial charge in [0.05, 0.1) is 5.69 Å². The Morgan fingerprint density at radius 1 is 1.22 bits per heavy atom. The summed E-state index contributed by atoms with van der Waals surface area (Å²) in [5.74, 6) is 9.09. The number of pyridine rings is 1. The average molecular weight is 511 g/mol. The Morgan fingerprint density at radius 3 is 2.72 bits per heavy atom. The van der Waals surface area contributed by atoms with Crippen molar-refractivity contribution < 1.29 is 4.79 Å². The largest absolute Gasteiger partial charge is 0.403 e. The molecule has 1 aromatic heterocycles. The number of nitrogens with zero attached hydrogens (tertiary/aromatic N) is 3. The fourth-order valence-corrected chi connectivity index (χ4v) is 4.61. The minimum Gasteiger partial charge on any atom is -0.403 e. The molecular weight excluding hydrogens is 472 g/mol. The number of nitrogens with two attached hydrogens (primary N) is 2. The number of allylic oxidation sites excluding steroid dienone is 1. The van der Waals surface area contributed by atoms with Crippen molar-refractivity contribution in [2.75, 3.05) is 57.7 Å². The highest BCUT2D eigenvalue weighted by Gasteiger charge is 2.20. The zero-order chi connectivity index (χ0) is 25.8. The number of piperidine rings is 1. The number of benzene rings is 1. The molecule has 2 aromatic rings. The van der Waals surface area contributed by atoms with Crippen LogP contribution in [-0.2, 0) is 0 Å². The smallest absolute Gasteiger partial charge is 0.154 e. The van der Waals surface area contributed by atoms with Gasteiger partial charge >= 0.3 is 0 Å². The highest BCUT2D eigenvalue weighted by atomic mass is 32.2. The van der Waals surface area contributed by atoms with Crippen molar-refractivity contribution in [3.63, 3.8) is 0 Å². The van der Waals surface area contributed by atoms with E-state index < -0.39 is 0 Å². The Morgan fingerprint density at radius 2 is 2.03 bits per heavy atom. The van der Waals surface area contributed by atoms with Crippen LogP contribution in [-0.4, -0.2) is 43.7 Å². The van der Waals surface area contributed by atoms with Gasteiger partial charge in [-0.3, -0.25) is 9.80 Å². The molecule has 3 rings (SSSR count). The van der Waals surface area contributed by atoms with E-state index in [9.17, 15) is 4.79 Å². The highest BCUT2D eigenvalue weighted by molar-refractivity contribution is 8.00. The lowest BCUT2D eigenvalue weighted by Gasteiger charge is -2.34. The predicted molar refractivity (Wildman–Crippen MR) is 155 cm³/mol. The standard InChI is InChI=1S/C26H38N8OS/c1-3-36-32-22-8-7-21(19-35)24(18-22)33-15-11-20(12-16-33)6-4-5-14-30-26-23(34(28)17-13-27)9-10-25(29-2)31-26/h4-5,7-10,13,17-20,32H,3,6,11-12,14-16,27-28H2,1-2H3,(H2,29,30,31)/b5-4+,17-13-. The van der Waals surface area contributed by atoms with Gasteiger partial charge in [0, 0.05) is 61.8 Å². The van der Waals surface area contributed by atoms with Crippen LogP contribution in [0.4, 0.5) is 28.7 Å². The zero-order valence-electron chi connectivity index (χ0n) is 21.1. The Bertz CT molecular complexity index is 1040. The van der Waals surface area contributed by atoms with Gasteiger partial charge in [0.2, 0.25) is 0 Å². The van der Waals surface area contributed by atoms with Crippen molar-refractivity contribution in [1.82, 2.24) is 4.98 Å². The summed E-state index contributed by atoms with van der Waals surface area (Å²) in [6, 6.07) is 9.72. The Kier molecular flexibility index (Phi) is 10.8. The third-order valence-corrected chi connectivity index (χ3v) is 6.79. The molecule has 0 spiro atoms. The molecule has 0 unspecified atom stereocenters. The maximum Gasteiger partial charge on any atom is 0.154 e. The van der Waals surface area contributed by atoms with Crippen LogP contribution in [0.1, 0.15) is 36.5 Å². The van der Waals surface area contributed by atoms with Gasteiger partial charge in [-0.1, -0.05) is 31.0 Å². The van der Waals surface area contributed by atoms with Crippen molar-refractivity contribution in [1.29, 1.82) is 0 Å². The van der Waals surface area contributed by atoms with Gasteiger partial charge < -0.3 is 26.0 Å². The molecule has 2 heterocycles. The van der Waals surface area contributed by atoms with Crippen LogP contribution in [0.25, 0.3) is 0 Å². The summed E-state index contributed by atoms with van der Waals surface area (Å²) in [6.45, 7) is 4.66. The molecular formula is C26H38N8OS. The third kappa shape index (κ3) is 7.56. The van der Waals surface area contributed by atoms with Gasteiger partial charge in [-0.15, -0.1) is 0 Å². The normalized spacial score (nSPS) is 14.4. The second-order valence-electron chi connectivity index (χ2n) is 8.51. The van der Waals surface area contributed by atoms with Crippen molar-refractivity contribution in [2.24, 2.45) is 17.5 Å². The number of carbonyl (C=O) groups excluding carboxylic acids is 1. The Balaban J connectivity index is 1.50. The van der Waals surface area contributed by atoms with E-state index in [1.807, 2.05) is 31.3 Å². The lowest BCUT2D eigenvalue weighted by molar-refractivity contribution is 0.112. The second kappa shape index (κ2) is 14.3. The van der Waals surface area contributed by atoms with Gasteiger partial charge in [0.15, 0.2) is 12.1 Å². The minimum atomic E-state index is 0.629. The van der Waals surface area contributed by atoms with E-state index in [2.05, 4.69) is 50.4 Å². The van der Waals surface area contributed by atoms with Crippen molar-refractivity contribution >= 4 is 46.9 Å². The van der Waals surface area contributed by atoms with Crippen molar-refractivity contribution in [2.45, 2.75) is 26.2 Å². The third-order valence-electron chi connectivity index (χ3n) is 6.13. The Labute approximate surface area is 218 Å². The molecule has 1 fully saturated rings. The molecule has 0 bridgehead atoms. The second-order valence-corrected chi connectivity index (χ2v) is 9.58.